The molecule has 0 spiro atoms. The fourth-order valence-electron chi connectivity index (χ4n) is 5.20. The molecule has 2 aromatic carbocycles. The summed E-state index contributed by atoms with van der Waals surface area (Å²) >= 11 is 0. The molecule has 3 atom stereocenters. The summed E-state index contributed by atoms with van der Waals surface area (Å²) in [7, 11) is 0. The second-order valence-electron chi connectivity index (χ2n) is 9.25. The average molecular weight is 471 g/mol. The second-order valence-corrected chi connectivity index (χ2v) is 9.25. The minimum atomic E-state index is -0.232. The Balaban J connectivity index is 1.22. The molecule has 0 bridgehead atoms. The van der Waals surface area contributed by atoms with E-state index >= 15 is 0 Å². The Morgan fingerprint density at radius 1 is 1.03 bits per heavy atom. The van der Waals surface area contributed by atoms with Gasteiger partial charge in [-0.15, -0.1) is 0 Å². The Bertz CT molecular complexity index is 1300. The van der Waals surface area contributed by atoms with Gasteiger partial charge in [-0.1, -0.05) is 36.4 Å². The standard InChI is InChI=1S/C27H26N4O4/c1-16-28-15-21(24(30-16)17-6-3-2-4-7-17)27(33)31-19(12-18-13-22(18)31)14-29-26(32)20-8-5-9-23-25(20)35-11-10-34-23/h2-9,15,18-19,22H,10-14H2,1H3,(H,29,32)/t18-,19+,22+/m1/s1. The number of nitrogens with one attached hydrogen (secondary N) is 1. The quantitative estimate of drug-likeness (QED) is 0.615. The van der Waals surface area contributed by atoms with Crippen molar-refractivity contribution in [2.45, 2.75) is 31.8 Å². The predicted octanol–water partition coefficient (Wildman–Crippen LogP) is 3.26. The number of piperidine rings is 1. The normalized spacial score (nSPS) is 21.9. The number of nitrogens with zero attached hydrogens (tertiary/aromatic N) is 3. The van der Waals surface area contributed by atoms with Crippen LogP contribution in [0.15, 0.2) is 54.7 Å². The Kier molecular flexibility index (Phi) is 5.36. The third-order valence-electron chi connectivity index (χ3n) is 6.94. The zero-order valence-corrected chi connectivity index (χ0v) is 19.4. The zero-order valence-electron chi connectivity index (χ0n) is 19.4. The van der Waals surface area contributed by atoms with Gasteiger partial charge in [-0.05, 0) is 37.8 Å². The number of para-hydroxylation sites is 1. The van der Waals surface area contributed by atoms with Crippen LogP contribution in [0.3, 0.4) is 0 Å². The fourth-order valence-corrected chi connectivity index (χ4v) is 5.20. The summed E-state index contributed by atoms with van der Waals surface area (Å²) in [6, 6.07) is 15.1. The summed E-state index contributed by atoms with van der Waals surface area (Å²) in [4.78, 5) is 37.7. The first-order valence-corrected chi connectivity index (χ1v) is 12.0. The maximum Gasteiger partial charge on any atom is 0.258 e. The van der Waals surface area contributed by atoms with Crippen molar-refractivity contribution in [3.05, 3.63) is 71.7 Å². The summed E-state index contributed by atoms with van der Waals surface area (Å²) in [5.74, 6) is 1.84. The van der Waals surface area contributed by atoms with Gasteiger partial charge in [0.25, 0.3) is 11.8 Å². The molecule has 2 fully saturated rings. The molecule has 3 aliphatic rings. The van der Waals surface area contributed by atoms with Crippen molar-refractivity contribution in [1.82, 2.24) is 20.2 Å². The number of benzene rings is 2. The van der Waals surface area contributed by atoms with Crippen LogP contribution in [-0.2, 0) is 0 Å². The van der Waals surface area contributed by atoms with Gasteiger partial charge in [0.15, 0.2) is 11.5 Å². The van der Waals surface area contributed by atoms with Crippen LogP contribution in [0.2, 0.25) is 0 Å². The molecule has 1 saturated carbocycles. The van der Waals surface area contributed by atoms with Crippen molar-refractivity contribution >= 4 is 11.8 Å². The molecule has 0 unspecified atom stereocenters. The summed E-state index contributed by atoms with van der Waals surface area (Å²) in [5, 5.41) is 3.02. The summed E-state index contributed by atoms with van der Waals surface area (Å²) < 4.78 is 11.3. The Labute approximate surface area is 203 Å². The van der Waals surface area contributed by atoms with Crippen LogP contribution in [0.4, 0.5) is 0 Å². The number of hydrogen-bond donors (Lipinski definition) is 1. The Morgan fingerprint density at radius 2 is 1.86 bits per heavy atom. The van der Waals surface area contributed by atoms with Gasteiger partial charge < -0.3 is 19.7 Å². The van der Waals surface area contributed by atoms with E-state index in [-0.39, 0.29) is 23.9 Å². The van der Waals surface area contributed by atoms with Crippen LogP contribution in [-0.4, -0.2) is 58.5 Å². The van der Waals surface area contributed by atoms with Crippen LogP contribution >= 0.6 is 0 Å². The molecule has 2 amide bonds. The molecule has 1 aliphatic carbocycles. The van der Waals surface area contributed by atoms with Gasteiger partial charge in [0.2, 0.25) is 0 Å². The van der Waals surface area contributed by atoms with E-state index in [9.17, 15) is 9.59 Å². The predicted molar refractivity (Wildman–Crippen MR) is 128 cm³/mol. The van der Waals surface area contributed by atoms with Crippen LogP contribution in [0.5, 0.6) is 11.5 Å². The molecular weight excluding hydrogens is 444 g/mol. The number of likely N-dealkylation sites (tertiary alicyclic amines) is 1. The second kappa shape index (κ2) is 8.69. The topological polar surface area (TPSA) is 93.7 Å². The number of aryl methyl sites for hydroxylation is 1. The van der Waals surface area contributed by atoms with Gasteiger partial charge in [0, 0.05) is 24.3 Å². The van der Waals surface area contributed by atoms with E-state index in [2.05, 4.69) is 15.3 Å². The molecule has 1 N–H and O–H groups in total. The number of carbonyl (C=O) groups excluding carboxylic acids is 2. The highest BCUT2D eigenvalue weighted by molar-refractivity contribution is 6.01. The molecule has 2 aliphatic heterocycles. The lowest BCUT2D eigenvalue weighted by molar-refractivity contribution is 0.0688. The first kappa shape index (κ1) is 21.6. The molecule has 8 heteroatoms. The molecule has 3 aromatic rings. The van der Waals surface area contributed by atoms with Crippen molar-refractivity contribution < 1.29 is 19.1 Å². The van der Waals surface area contributed by atoms with Gasteiger partial charge in [-0.25, -0.2) is 9.97 Å². The third-order valence-corrected chi connectivity index (χ3v) is 6.94. The Morgan fingerprint density at radius 3 is 2.71 bits per heavy atom. The minimum absolute atomic E-state index is 0.0816. The summed E-state index contributed by atoms with van der Waals surface area (Å²) in [6.45, 7) is 3.07. The zero-order chi connectivity index (χ0) is 23.9. The molecule has 1 aromatic heterocycles. The van der Waals surface area contributed by atoms with Crippen LogP contribution in [0, 0.1) is 12.8 Å². The van der Waals surface area contributed by atoms with Crippen molar-refractivity contribution in [2.75, 3.05) is 19.8 Å². The number of hydrogen-bond acceptors (Lipinski definition) is 6. The molecule has 1 saturated heterocycles. The first-order chi connectivity index (χ1) is 17.1. The van der Waals surface area contributed by atoms with Gasteiger partial charge in [0.05, 0.1) is 22.9 Å². The van der Waals surface area contributed by atoms with Gasteiger partial charge in [-0.3, -0.25) is 9.59 Å². The highest BCUT2D eigenvalue weighted by Crippen LogP contribution is 2.48. The highest BCUT2D eigenvalue weighted by Gasteiger charge is 2.54. The van der Waals surface area contributed by atoms with Crippen LogP contribution < -0.4 is 14.8 Å². The minimum Gasteiger partial charge on any atom is -0.486 e. The molecule has 35 heavy (non-hydrogen) atoms. The van der Waals surface area contributed by atoms with E-state index in [0.717, 1.165) is 18.4 Å². The molecule has 8 nitrogen and oxygen atoms in total. The van der Waals surface area contributed by atoms with Crippen molar-refractivity contribution in [2.24, 2.45) is 5.92 Å². The van der Waals surface area contributed by atoms with E-state index in [1.807, 2.05) is 42.2 Å². The molecule has 178 valence electrons. The van der Waals surface area contributed by atoms with E-state index in [0.29, 0.717) is 59.8 Å². The van der Waals surface area contributed by atoms with Gasteiger partial charge in [-0.2, -0.15) is 0 Å². The third kappa shape index (κ3) is 3.99. The largest absolute Gasteiger partial charge is 0.486 e. The number of ether oxygens (including phenoxy) is 2. The smallest absolute Gasteiger partial charge is 0.258 e. The number of aromatic nitrogens is 2. The molecule has 0 radical (unpaired) electrons. The monoisotopic (exact) mass is 470 g/mol. The lowest BCUT2D eigenvalue weighted by Gasteiger charge is -2.29. The van der Waals surface area contributed by atoms with Gasteiger partial charge in [0.1, 0.15) is 19.0 Å². The van der Waals surface area contributed by atoms with E-state index in [1.165, 1.54) is 0 Å². The van der Waals surface area contributed by atoms with E-state index in [4.69, 9.17) is 9.47 Å². The number of rotatable bonds is 5. The number of amides is 2. The van der Waals surface area contributed by atoms with Crippen molar-refractivity contribution in [3.8, 4) is 22.8 Å². The van der Waals surface area contributed by atoms with Crippen molar-refractivity contribution in [1.29, 1.82) is 0 Å². The summed E-state index contributed by atoms with van der Waals surface area (Å²) in [5.41, 5.74) is 2.46. The van der Waals surface area contributed by atoms with Crippen molar-refractivity contribution in [3.63, 3.8) is 0 Å². The number of fused-ring (bicyclic) bond motifs is 2. The fraction of sp³-hybridized carbons (Fsp3) is 0.333. The maximum absolute atomic E-state index is 13.8. The van der Waals surface area contributed by atoms with Gasteiger partial charge >= 0.3 is 0 Å². The highest BCUT2D eigenvalue weighted by atomic mass is 16.6. The van der Waals surface area contributed by atoms with Crippen LogP contribution in [0.25, 0.3) is 11.3 Å². The lowest BCUT2D eigenvalue weighted by atomic mass is 10.0. The Hall–Kier alpha value is -3.94. The van der Waals surface area contributed by atoms with E-state index < -0.39 is 0 Å². The SMILES string of the molecule is Cc1ncc(C(=O)N2[C@H](CNC(=O)c3cccc4c3OCCO4)C[C@@H]3C[C@@H]32)c(-c2ccccc2)n1. The van der Waals surface area contributed by atoms with E-state index in [1.54, 1.807) is 24.4 Å². The summed E-state index contributed by atoms with van der Waals surface area (Å²) in [6.07, 6.45) is 3.50. The maximum atomic E-state index is 13.8. The molecular formula is C27H26N4O4. The number of carbonyl (C=O) groups is 2. The first-order valence-electron chi connectivity index (χ1n) is 12.0. The average Bonchev–Trinajstić information content (AvgIpc) is 3.56. The van der Waals surface area contributed by atoms with Crippen LogP contribution in [0.1, 0.15) is 39.4 Å². The molecule has 6 rings (SSSR count). The molecule has 3 heterocycles. The lowest BCUT2D eigenvalue weighted by Crippen LogP contribution is -2.45.